The van der Waals surface area contributed by atoms with Gasteiger partial charge in [0.15, 0.2) is 0 Å². The van der Waals surface area contributed by atoms with E-state index in [0.717, 1.165) is 10.9 Å². The van der Waals surface area contributed by atoms with E-state index >= 15 is 0 Å². The van der Waals surface area contributed by atoms with Gasteiger partial charge in [-0.1, -0.05) is 29.3 Å². The maximum absolute atomic E-state index is 10.9. The molecule has 0 amide bonds. The van der Waals surface area contributed by atoms with E-state index in [1.165, 1.54) is 0 Å². The molecule has 0 saturated heterocycles. The van der Waals surface area contributed by atoms with Crippen molar-refractivity contribution in [3.05, 3.63) is 52.8 Å². The second-order valence-electron chi connectivity index (χ2n) is 4.65. The molecule has 2 aromatic heterocycles. The molecule has 7 heteroatoms. The first-order chi connectivity index (χ1) is 10.6. The molecule has 0 saturated carbocycles. The fourth-order valence-corrected chi connectivity index (χ4v) is 2.73. The highest BCUT2D eigenvalue weighted by molar-refractivity contribution is 6.39. The predicted molar refractivity (Wildman–Crippen MR) is 87.1 cm³/mol. The molecule has 0 fully saturated rings. The van der Waals surface area contributed by atoms with Crippen LogP contribution in [0, 0.1) is 0 Å². The number of halogens is 2. The Morgan fingerprint density at radius 1 is 1.23 bits per heavy atom. The molecule has 0 aliphatic heterocycles. The number of aliphatic carboxylic acids is 1. The van der Waals surface area contributed by atoms with Crippen molar-refractivity contribution in [2.75, 3.05) is 5.32 Å². The highest BCUT2D eigenvalue weighted by Crippen LogP contribution is 2.34. The Labute approximate surface area is 136 Å². The van der Waals surface area contributed by atoms with Crippen LogP contribution in [0.5, 0.6) is 0 Å². The minimum absolute atomic E-state index is 0.111. The Kier molecular flexibility index (Phi) is 3.92. The number of nitrogens with zero attached hydrogens (tertiary/aromatic N) is 2. The van der Waals surface area contributed by atoms with Crippen LogP contribution < -0.4 is 5.32 Å². The van der Waals surface area contributed by atoms with Crippen LogP contribution in [0.15, 0.2) is 42.7 Å². The van der Waals surface area contributed by atoms with Crippen molar-refractivity contribution in [1.29, 1.82) is 0 Å². The van der Waals surface area contributed by atoms with E-state index in [9.17, 15) is 4.79 Å². The zero-order valence-electron chi connectivity index (χ0n) is 11.3. The van der Waals surface area contributed by atoms with Gasteiger partial charge in [0.1, 0.15) is 12.4 Å². The number of anilines is 2. The highest BCUT2D eigenvalue weighted by Gasteiger charge is 2.12. The number of para-hydroxylation sites is 1. The van der Waals surface area contributed by atoms with Gasteiger partial charge in [0.05, 0.1) is 21.2 Å². The van der Waals surface area contributed by atoms with Crippen molar-refractivity contribution in [2.45, 2.75) is 6.54 Å². The number of nitrogens with one attached hydrogen (secondary N) is 1. The van der Waals surface area contributed by atoms with Crippen LogP contribution in [-0.4, -0.2) is 20.6 Å². The molecule has 0 spiro atoms. The standard InChI is InChI=1S/C15H11Cl2N3O2/c16-10-2-1-3-11(17)14(10)19-15-9-5-7-20(8-13(21)22)12(9)4-6-18-15/h1-7H,8H2,(H,18,19)(H,21,22). The first-order valence-corrected chi connectivity index (χ1v) is 7.18. The molecule has 0 aliphatic carbocycles. The topological polar surface area (TPSA) is 67.2 Å². The number of rotatable bonds is 4. The Hall–Kier alpha value is -2.24. The van der Waals surface area contributed by atoms with Gasteiger partial charge in [-0.3, -0.25) is 4.79 Å². The number of hydrogen-bond donors (Lipinski definition) is 2. The molecule has 0 aliphatic rings. The molecule has 0 atom stereocenters. The van der Waals surface area contributed by atoms with Crippen molar-refractivity contribution < 1.29 is 9.90 Å². The van der Waals surface area contributed by atoms with Gasteiger partial charge < -0.3 is 15.0 Å². The van der Waals surface area contributed by atoms with Crippen molar-refractivity contribution in [3.63, 3.8) is 0 Å². The maximum atomic E-state index is 10.9. The van der Waals surface area contributed by atoms with Gasteiger partial charge in [0, 0.05) is 17.8 Å². The average molecular weight is 336 g/mol. The van der Waals surface area contributed by atoms with Gasteiger partial charge in [-0.05, 0) is 24.3 Å². The van der Waals surface area contributed by atoms with Crippen LogP contribution in [0.25, 0.3) is 10.9 Å². The summed E-state index contributed by atoms with van der Waals surface area (Å²) in [5, 5.41) is 13.8. The van der Waals surface area contributed by atoms with Crippen molar-refractivity contribution in [3.8, 4) is 0 Å². The van der Waals surface area contributed by atoms with Gasteiger partial charge >= 0.3 is 5.97 Å². The lowest BCUT2D eigenvalue weighted by Crippen LogP contribution is -2.07. The summed E-state index contributed by atoms with van der Waals surface area (Å²) >= 11 is 12.3. The predicted octanol–water partition coefficient (Wildman–Crippen LogP) is 4.17. The van der Waals surface area contributed by atoms with E-state index in [4.69, 9.17) is 28.3 Å². The first kappa shape index (κ1) is 14.7. The Balaban J connectivity index is 2.05. The lowest BCUT2D eigenvalue weighted by molar-refractivity contribution is -0.137. The lowest BCUT2D eigenvalue weighted by Gasteiger charge is -2.11. The third-order valence-corrected chi connectivity index (χ3v) is 3.84. The second kappa shape index (κ2) is 5.87. The highest BCUT2D eigenvalue weighted by atomic mass is 35.5. The summed E-state index contributed by atoms with van der Waals surface area (Å²) in [4.78, 5) is 15.2. The second-order valence-corrected chi connectivity index (χ2v) is 5.47. The summed E-state index contributed by atoms with van der Waals surface area (Å²) in [5.74, 6) is -0.338. The van der Waals surface area contributed by atoms with Gasteiger partial charge in [-0.15, -0.1) is 0 Å². The fraction of sp³-hybridized carbons (Fsp3) is 0.0667. The van der Waals surface area contributed by atoms with E-state index < -0.39 is 5.97 Å². The molecule has 1 aromatic carbocycles. The maximum Gasteiger partial charge on any atom is 0.323 e. The van der Waals surface area contributed by atoms with E-state index in [1.54, 1.807) is 47.3 Å². The molecule has 2 N–H and O–H groups in total. The molecule has 112 valence electrons. The summed E-state index contributed by atoms with van der Waals surface area (Å²) in [7, 11) is 0. The quantitative estimate of drug-likeness (QED) is 0.750. The van der Waals surface area contributed by atoms with Gasteiger partial charge in [0.25, 0.3) is 0 Å². The molecule has 0 unspecified atom stereocenters. The monoisotopic (exact) mass is 335 g/mol. The number of aromatic nitrogens is 2. The van der Waals surface area contributed by atoms with E-state index in [0.29, 0.717) is 21.6 Å². The minimum atomic E-state index is -0.905. The van der Waals surface area contributed by atoms with Crippen LogP contribution in [0.2, 0.25) is 10.0 Å². The minimum Gasteiger partial charge on any atom is -0.480 e. The zero-order valence-corrected chi connectivity index (χ0v) is 12.8. The zero-order chi connectivity index (χ0) is 15.7. The number of benzene rings is 1. The van der Waals surface area contributed by atoms with E-state index in [-0.39, 0.29) is 6.54 Å². The molecular weight excluding hydrogens is 325 g/mol. The van der Waals surface area contributed by atoms with Gasteiger partial charge in [-0.2, -0.15) is 0 Å². The molecule has 0 radical (unpaired) electrons. The number of carboxylic acids is 1. The Bertz CT molecular complexity index is 841. The van der Waals surface area contributed by atoms with Crippen molar-refractivity contribution in [1.82, 2.24) is 9.55 Å². The first-order valence-electron chi connectivity index (χ1n) is 6.43. The summed E-state index contributed by atoms with van der Waals surface area (Å²) in [6, 6.07) is 8.78. The third-order valence-electron chi connectivity index (χ3n) is 3.21. The molecule has 2 heterocycles. The molecule has 0 bridgehead atoms. The number of fused-ring (bicyclic) bond motifs is 1. The Morgan fingerprint density at radius 3 is 2.64 bits per heavy atom. The number of carboxylic acid groups (broad SMARTS) is 1. The van der Waals surface area contributed by atoms with Crippen LogP contribution >= 0.6 is 23.2 Å². The van der Waals surface area contributed by atoms with Crippen LogP contribution in [0.1, 0.15) is 0 Å². The third kappa shape index (κ3) is 2.73. The van der Waals surface area contributed by atoms with Gasteiger partial charge in [0.2, 0.25) is 0 Å². The largest absolute Gasteiger partial charge is 0.480 e. The summed E-state index contributed by atoms with van der Waals surface area (Å²) in [6.07, 6.45) is 3.31. The smallest absolute Gasteiger partial charge is 0.323 e. The number of hydrogen-bond acceptors (Lipinski definition) is 3. The molecule has 3 rings (SSSR count). The van der Waals surface area contributed by atoms with Crippen LogP contribution in [0.4, 0.5) is 11.5 Å². The number of carbonyl (C=O) groups is 1. The number of pyridine rings is 1. The van der Waals surface area contributed by atoms with E-state index in [2.05, 4.69) is 10.3 Å². The Morgan fingerprint density at radius 2 is 1.95 bits per heavy atom. The van der Waals surface area contributed by atoms with Crippen molar-refractivity contribution in [2.24, 2.45) is 0 Å². The van der Waals surface area contributed by atoms with Gasteiger partial charge in [-0.25, -0.2) is 4.98 Å². The van der Waals surface area contributed by atoms with E-state index in [1.807, 2.05) is 0 Å². The normalized spacial score (nSPS) is 10.8. The SMILES string of the molecule is O=C(O)Cn1ccc2c(Nc3c(Cl)cccc3Cl)nccc21. The molecule has 22 heavy (non-hydrogen) atoms. The summed E-state index contributed by atoms with van der Waals surface area (Å²) in [6.45, 7) is -0.111. The average Bonchev–Trinajstić information content (AvgIpc) is 2.86. The van der Waals surface area contributed by atoms with Crippen LogP contribution in [-0.2, 0) is 11.3 Å². The fourth-order valence-electron chi connectivity index (χ4n) is 2.24. The molecular formula is C15H11Cl2N3O2. The molecule has 5 nitrogen and oxygen atoms in total. The van der Waals surface area contributed by atoms with Crippen molar-refractivity contribution >= 4 is 51.6 Å². The summed E-state index contributed by atoms with van der Waals surface area (Å²) < 4.78 is 1.64. The molecule has 3 aromatic rings. The summed E-state index contributed by atoms with van der Waals surface area (Å²) in [5.41, 5.74) is 1.33. The van der Waals surface area contributed by atoms with Crippen LogP contribution in [0.3, 0.4) is 0 Å². The lowest BCUT2D eigenvalue weighted by atomic mass is 10.2.